The molecule has 5 heteroatoms. The summed E-state index contributed by atoms with van der Waals surface area (Å²) >= 11 is 0. The number of methoxy groups -OCH3 is 2. The first-order chi connectivity index (χ1) is 8.69. The molecule has 18 heavy (non-hydrogen) atoms. The lowest BCUT2D eigenvalue weighted by atomic mass is 10.1. The number of para-hydroxylation sites is 1. The van der Waals surface area contributed by atoms with Crippen LogP contribution < -0.4 is 10.5 Å². The van der Waals surface area contributed by atoms with Crippen molar-refractivity contribution in [2.75, 3.05) is 27.4 Å². The minimum atomic E-state index is -0.00421. The minimum absolute atomic E-state index is 0.00421. The zero-order valence-corrected chi connectivity index (χ0v) is 10.6. The molecular weight excluding hydrogens is 232 g/mol. The Morgan fingerprint density at radius 2 is 2.00 bits per heavy atom. The fourth-order valence-corrected chi connectivity index (χ4v) is 1.38. The molecule has 0 saturated heterocycles. The van der Waals surface area contributed by atoms with Crippen molar-refractivity contribution >= 4 is 11.6 Å². The number of nitrogens with two attached hydrogens (primary N) is 1. The van der Waals surface area contributed by atoms with Crippen molar-refractivity contribution in [1.29, 1.82) is 5.41 Å². The predicted octanol–water partition coefficient (Wildman–Crippen LogP) is 1.64. The molecule has 0 bridgehead atoms. The van der Waals surface area contributed by atoms with Crippen molar-refractivity contribution in [3.63, 3.8) is 0 Å². The van der Waals surface area contributed by atoms with Crippen LogP contribution in [-0.4, -0.2) is 33.3 Å². The minimum Gasteiger partial charge on any atom is -0.496 e. The van der Waals surface area contributed by atoms with Gasteiger partial charge < -0.3 is 19.9 Å². The topological polar surface area (TPSA) is 77.6 Å². The Labute approximate surface area is 107 Å². The number of hydrogen-bond donors (Lipinski definition) is 2. The van der Waals surface area contributed by atoms with Crippen LogP contribution in [0, 0.1) is 5.41 Å². The van der Waals surface area contributed by atoms with E-state index in [0.29, 0.717) is 24.7 Å². The number of ether oxygens (including phenoxy) is 3. The Bertz CT molecular complexity index is 430. The molecule has 98 valence electrons. The molecule has 0 saturated carbocycles. The molecule has 1 rings (SSSR count). The van der Waals surface area contributed by atoms with Crippen molar-refractivity contribution in [3.8, 4) is 5.75 Å². The van der Waals surface area contributed by atoms with E-state index in [9.17, 15) is 0 Å². The largest absolute Gasteiger partial charge is 0.496 e. The highest BCUT2D eigenvalue weighted by Gasteiger charge is 2.05. The molecule has 0 heterocycles. The molecule has 0 aromatic heterocycles. The fourth-order valence-electron chi connectivity index (χ4n) is 1.38. The first kappa shape index (κ1) is 14.1. The molecule has 0 radical (unpaired) electrons. The molecule has 0 aliphatic heterocycles. The van der Waals surface area contributed by atoms with Gasteiger partial charge in [0.25, 0.3) is 0 Å². The van der Waals surface area contributed by atoms with Gasteiger partial charge in [-0.05, 0) is 12.1 Å². The number of hydrogen-bond acceptors (Lipinski definition) is 5. The van der Waals surface area contributed by atoms with E-state index in [1.807, 2.05) is 24.3 Å². The van der Waals surface area contributed by atoms with Crippen LogP contribution in [0.2, 0.25) is 0 Å². The van der Waals surface area contributed by atoms with E-state index in [2.05, 4.69) is 0 Å². The van der Waals surface area contributed by atoms with Gasteiger partial charge in [0.05, 0.1) is 13.7 Å². The van der Waals surface area contributed by atoms with Crippen molar-refractivity contribution in [3.05, 3.63) is 35.9 Å². The summed E-state index contributed by atoms with van der Waals surface area (Å²) in [6.07, 6.45) is 1.45. The third-order valence-corrected chi connectivity index (χ3v) is 2.25. The fraction of sp³-hybridized carbons (Fsp3) is 0.308. The van der Waals surface area contributed by atoms with Crippen molar-refractivity contribution in [1.82, 2.24) is 0 Å². The molecule has 0 fully saturated rings. The van der Waals surface area contributed by atoms with Gasteiger partial charge in [0.15, 0.2) is 0 Å². The Morgan fingerprint density at radius 1 is 1.28 bits per heavy atom. The van der Waals surface area contributed by atoms with Crippen LogP contribution in [0.5, 0.6) is 5.75 Å². The molecular formula is C13H18N2O3. The number of nitrogens with one attached hydrogen (secondary N) is 1. The summed E-state index contributed by atoms with van der Waals surface area (Å²) in [4.78, 5) is 0. The van der Waals surface area contributed by atoms with Crippen LogP contribution in [0.1, 0.15) is 5.56 Å². The second-order valence-electron chi connectivity index (χ2n) is 3.51. The van der Waals surface area contributed by atoms with Crippen molar-refractivity contribution in [2.24, 2.45) is 5.73 Å². The molecule has 0 amide bonds. The second kappa shape index (κ2) is 7.34. The van der Waals surface area contributed by atoms with Gasteiger partial charge in [-0.1, -0.05) is 12.1 Å². The normalized spacial score (nSPS) is 11.1. The summed E-state index contributed by atoms with van der Waals surface area (Å²) in [5.74, 6) is 0.659. The van der Waals surface area contributed by atoms with Crippen LogP contribution in [0.3, 0.4) is 0 Å². The van der Waals surface area contributed by atoms with Gasteiger partial charge in [-0.3, -0.25) is 5.41 Å². The van der Waals surface area contributed by atoms with Crippen molar-refractivity contribution < 1.29 is 14.2 Å². The lowest BCUT2D eigenvalue weighted by Gasteiger charge is -2.09. The van der Waals surface area contributed by atoms with E-state index in [1.54, 1.807) is 14.2 Å². The van der Waals surface area contributed by atoms with Crippen molar-refractivity contribution in [2.45, 2.75) is 0 Å². The van der Waals surface area contributed by atoms with Crippen LogP contribution in [0.4, 0.5) is 0 Å². The third-order valence-electron chi connectivity index (χ3n) is 2.25. The zero-order valence-electron chi connectivity index (χ0n) is 10.6. The maximum absolute atomic E-state index is 7.60. The first-order valence-corrected chi connectivity index (χ1v) is 5.50. The quantitative estimate of drug-likeness (QED) is 0.457. The van der Waals surface area contributed by atoms with Crippen LogP contribution in [-0.2, 0) is 9.47 Å². The summed E-state index contributed by atoms with van der Waals surface area (Å²) in [6.45, 7) is 0.760. The smallest absolute Gasteiger partial charge is 0.207 e. The Kier molecular flexibility index (Phi) is 5.73. The van der Waals surface area contributed by atoms with Gasteiger partial charge in [0.1, 0.15) is 12.4 Å². The van der Waals surface area contributed by atoms with Gasteiger partial charge in [0.2, 0.25) is 5.90 Å². The number of benzene rings is 1. The maximum atomic E-state index is 7.60. The first-order valence-electron chi connectivity index (χ1n) is 5.50. The van der Waals surface area contributed by atoms with E-state index in [1.165, 1.54) is 6.08 Å². The molecule has 3 N–H and O–H groups in total. The van der Waals surface area contributed by atoms with Crippen LogP contribution >= 0.6 is 0 Å². The molecule has 0 spiro atoms. The second-order valence-corrected chi connectivity index (χ2v) is 3.51. The Balaban J connectivity index is 2.73. The number of rotatable bonds is 6. The highest BCUT2D eigenvalue weighted by Crippen LogP contribution is 2.22. The van der Waals surface area contributed by atoms with Crippen LogP contribution in [0.25, 0.3) is 5.70 Å². The standard InChI is InChI=1S/C13H18N2O3/c1-16-7-8-18-13(15)9-11(14)10-5-3-4-6-12(10)17-2/h3-6,9,15H,7-8,14H2,1-2H3/b11-9-,15-13?. The predicted molar refractivity (Wildman–Crippen MR) is 70.7 cm³/mol. The summed E-state index contributed by atoms with van der Waals surface area (Å²) < 4.78 is 15.1. The lowest BCUT2D eigenvalue weighted by molar-refractivity contribution is 0.141. The van der Waals surface area contributed by atoms with E-state index in [-0.39, 0.29) is 5.90 Å². The summed E-state index contributed by atoms with van der Waals surface area (Å²) in [7, 11) is 3.15. The molecule has 0 aliphatic rings. The highest BCUT2D eigenvalue weighted by molar-refractivity contribution is 5.93. The molecule has 0 aliphatic carbocycles. The van der Waals surface area contributed by atoms with Gasteiger partial charge in [-0.15, -0.1) is 0 Å². The molecule has 1 aromatic rings. The van der Waals surface area contributed by atoms with E-state index < -0.39 is 0 Å². The van der Waals surface area contributed by atoms with Crippen LogP contribution in [0.15, 0.2) is 30.3 Å². The zero-order chi connectivity index (χ0) is 13.4. The van der Waals surface area contributed by atoms with E-state index >= 15 is 0 Å². The average molecular weight is 250 g/mol. The molecule has 1 aromatic carbocycles. The van der Waals surface area contributed by atoms with E-state index in [0.717, 1.165) is 5.56 Å². The maximum Gasteiger partial charge on any atom is 0.207 e. The van der Waals surface area contributed by atoms with E-state index in [4.69, 9.17) is 25.4 Å². The van der Waals surface area contributed by atoms with Gasteiger partial charge in [-0.2, -0.15) is 0 Å². The SMILES string of the molecule is COCCOC(=N)/C=C(\N)c1ccccc1OC. The van der Waals surface area contributed by atoms with Gasteiger partial charge in [0, 0.05) is 24.4 Å². The average Bonchev–Trinajstić information content (AvgIpc) is 2.39. The monoisotopic (exact) mass is 250 g/mol. The summed E-state index contributed by atoms with van der Waals surface area (Å²) in [6, 6.07) is 7.35. The molecule has 0 atom stereocenters. The van der Waals surface area contributed by atoms with Gasteiger partial charge >= 0.3 is 0 Å². The molecule has 5 nitrogen and oxygen atoms in total. The Morgan fingerprint density at radius 3 is 2.67 bits per heavy atom. The highest BCUT2D eigenvalue weighted by atomic mass is 16.5. The Hall–Kier alpha value is -2.01. The van der Waals surface area contributed by atoms with Gasteiger partial charge in [-0.25, -0.2) is 0 Å². The summed E-state index contributed by atoms with van der Waals surface area (Å²) in [5.41, 5.74) is 7.07. The third kappa shape index (κ3) is 4.10. The lowest BCUT2D eigenvalue weighted by Crippen LogP contribution is -2.09. The molecule has 0 unspecified atom stereocenters. The summed E-state index contributed by atoms with van der Waals surface area (Å²) in [5, 5.41) is 7.60.